The van der Waals surface area contributed by atoms with Crippen LogP contribution in [0.3, 0.4) is 0 Å². The highest BCUT2D eigenvalue weighted by atomic mass is 19.1. The summed E-state index contributed by atoms with van der Waals surface area (Å²) in [4.78, 5) is 38.5. The number of carbonyl (C=O) groups is 3. The average molecular weight is 582 g/mol. The number of aromatic carboxylic acids is 1. The van der Waals surface area contributed by atoms with E-state index in [9.17, 15) is 18.8 Å². The largest absolute Gasteiger partial charge is 0.478 e. The van der Waals surface area contributed by atoms with Crippen molar-refractivity contribution in [3.63, 3.8) is 0 Å². The van der Waals surface area contributed by atoms with Gasteiger partial charge >= 0.3 is 5.97 Å². The van der Waals surface area contributed by atoms with Crippen LogP contribution in [-0.4, -0.2) is 47.4 Å². The zero-order valence-corrected chi connectivity index (χ0v) is 24.1. The van der Waals surface area contributed by atoms with Crippen molar-refractivity contribution in [2.45, 2.75) is 38.1 Å². The van der Waals surface area contributed by atoms with Gasteiger partial charge in [0.15, 0.2) is 0 Å². The van der Waals surface area contributed by atoms with E-state index < -0.39 is 5.97 Å². The number of anilines is 1. The molecule has 0 bridgehead atoms. The first kappa shape index (κ1) is 29.9. The van der Waals surface area contributed by atoms with Crippen LogP contribution in [0, 0.1) is 11.7 Å². The first-order valence-corrected chi connectivity index (χ1v) is 14.7. The molecule has 7 nitrogen and oxygen atoms in total. The number of amides is 2. The average Bonchev–Trinajstić information content (AvgIpc) is 3.02. The molecule has 8 heteroatoms. The molecule has 2 amide bonds. The molecule has 1 aliphatic heterocycles. The van der Waals surface area contributed by atoms with Crippen molar-refractivity contribution in [3.05, 3.63) is 114 Å². The van der Waals surface area contributed by atoms with Gasteiger partial charge in [0.2, 0.25) is 11.8 Å². The Labute approximate surface area is 250 Å². The van der Waals surface area contributed by atoms with Crippen LogP contribution in [0.2, 0.25) is 0 Å². The first-order chi connectivity index (χ1) is 20.8. The van der Waals surface area contributed by atoms with Gasteiger partial charge < -0.3 is 20.6 Å². The Kier molecular flexibility index (Phi) is 9.47. The number of hydrogen-bond donors (Lipinski definition) is 3. The highest BCUT2D eigenvalue weighted by molar-refractivity contribution is 5.94. The molecule has 0 aliphatic carbocycles. The predicted molar refractivity (Wildman–Crippen MR) is 165 cm³/mol. The fourth-order valence-corrected chi connectivity index (χ4v) is 5.95. The molecule has 1 fully saturated rings. The molecule has 0 spiro atoms. The number of carboxylic acids is 1. The molecule has 2 unspecified atom stereocenters. The Bertz CT molecular complexity index is 1600. The van der Waals surface area contributed by atoms with E-state index in [0.717, 1.165) is 18.5 Å². The number of fused-ring (bicyclic) bond motifs is 1. The third-order valence-corrected chi connectivity index (χ3v) is 8.34. The number of nitrogens with zero attached hydrogens (tertiary/aromatic N) is 1. The molecule has 222 valence electrons. The van der Waals surface area contributed by atoms with Crippen molar-refractivity contribution in [2.24, 2.45) is 5.92 Å². The van der Waals surface area contributed by atoms with Crippen LogP contribution in [0.4, 0.5) is 10.1 Å². The number of hydrogen-bond acceptors (Lipinski definition) is 4. The first-order valence-electron chi connectivity index (χ1n) is 14.7. The Balaban J connectivity index is 1.21. The fourth-order valence-electron chi connectivity index (χ4n) is 5.95. The number of carboxylic acid groups (broad SMARTS) is 1. The third kappa shape index (κ3) is 7.45. The van der Waals surface area contributed by atoms with Crippen LogP contribution >= 0.6 is 0 Å². The van der Waals surface area contributed by atoms with Crippen molar-refractivity contribution in [1.82, 2.24) is 10.2 Å². The normalized spacial score (nSPS) is 17.4. The summed E-state index contributed by atoms with van der Waals surface area (Å²) in [6, 6.07) is 27.3. The van der Waals surface area contributed by atoms with Crippen LogP contribution in [0.1, 0.15) is 59.6 Å². The van der Waals surface area contributed by atoms with E-state index in [-0.39, 0.29) is 53.9 Å². The molecular weight excluding hydrogens is 545 g/mol. The van der Waals surface area contributed by atoms with E-state index in [1.807, 2.05) is 18.2 Å². The fraction of sp³-hybridized carbons (Fsp3) is 0.286. The maximum Gasteiger partial charge on any atom is 0.335 e. The Morgan fingerprint density at radius 1 is 0.953 bits per heavy atom. The predicted octanol–water partition coefficient (Wildman–Crippen LogP) is 6.38. The summed E-state index contributed by atoms with van der Waals surface area (Å²) in [5.74, 6) is -1.64. The summed E-state index contributed by atoms with van der Waals surface area (Å²) in [5.41, 5.74) is 2.69. The van der Waals surface area contributed by atoms with E-state index in [1.165, 1.54) is 46.7 Å². The van der Waals surface area contributed by atoms with Crippen LogP contribution in [0.5, 0.6) is 0 Å². The Morgan fingerprint density at radius 3 is 2.47 bits per heavy atom. The van der Waals surface area contributed by atoms with Crippen LogP contribution in [0.25, 0.3) is 10.8 Å². The minimum atomic E-state index is -1.04. The molecule has 4 aromatic rings. The lowest BCUT2D eigenvalue weighted by Gasteiger charge is -2.39. The molecule has 1 aliphatic rings. The molecule has 43 heavy (non-hydrogen) atoms. The van der Waals surface area contributed by atoms with Crippen LogP contribution < -0.4 is 10.6 Å². The monoisotopic (exact) mass is 581 g/mol. The SMILES string of the molecule is C[C@@H](NCC1CCN(C(=O)CCC(=O)Nc2ccc(C(=O)O)cc2)CC1c1cccc(F)c1)c1cccc2ccccc12. The van der Waals surface area contributed by atoms with Gasteiger partial charge in [-0.15, -0.1) is 0 Å². The molecule has 3 atom stereocenters. The van der Waals surface area contributed by atoms with Gasteiger partial charge in [0.25, 0.3) is 0 Å². The lowest BCUT2D eigenvalue weighted by atomic mass is 9.80. The van der Waals surface area contributed by atoms with Gasteiger partial charge in [-0.2, -0.15) is 0 Å². The third-order valence-electron chi connectivity index (χ3n) is 8.34. The smallest absolute Gasteiger partial charge is 0.335 e. The second kappa shape index (κ2) is 13.6. The number of rotatable bonds is 10. The Morgan fingerprint density at radius 2 is 1.70 bits per heavy atom. The summed E-state index contributed by atoms with van der Waals surface area (Å²) >= 11 is 0. The molecule has 1 saturated heterocycles. The van der Waals surface area contributed by atoms with Gasteiger partial charge in [0, 0.05) is 43.6 Å². The maximum atomic E-state index is 14.3. The van der Waals surface area contributed by atoms with Crippen molar-refractivity contribution in [2.75, 3.05) is 25.0 Å². The highest BCUT2D eigenvalue weighted by Gasteiger charge is 2.33. The summed E-state index contributed by atoms with van der Waals surface area (Å²) in [6.07, 6.45) is 0.814. The number of halogens is 1. The zero-order valence-electron chi connectivity index (χ0n) is 24.1. The molecule has 4 aromatic carbocycles. The van der Waals surface area contributed by atoms with Crippen LogP contribution in [-0.2, 0) is 9.59 Å². The second-order valence-electron chi connectivity index (χ2n) is 11.2. The van der Waals surface area contributed by atoms with E-state index in [4.69, 9.17) is 5.11 Å². The van der Waals surface area contributed by atoms with Crippen LogP contribution in [0.15, 0.2) is 91.0 Å². The number of likely N-dealkylation sites (tertiary alicyclic amines) is 1. The quantitative estimate of drug-likeness (QED) is 0.202. The Hall–Kier alpha value is -4.56. The summed E-state index contributed by atoms with van der Waals surface area (Å²) in [6.45, 7) is 3.90. The van der Waals surface area contributed by atoms with E-state index in [2.05, 4.69) is 47.9 Å². The van der Waals surface area contributed by atoms with Gasteiger partial charge in [0.1, 0.15) is 5.82 Å². The topological polar surface area (TPSA) is 98.7 Å². The molecule has 0 radical (unpaired) electrons. The standard InChI is InChI=1S/C35H36FN3O4/c1-23(30-11-5-7-24-6-2-3-10-31(24)30)37-21-27-18-19-39(22-32(27)26-8-4-9-28(36)20-26)34(41)17-16-33(40)38-29-14-12-25(13-15-29)35(42)43/h2-15,20,23,27,32,37H,16-19,21-22H2,1H3,(H,38,40)(H,42,43)/t23-,27?,32?/m1/s1. The van der Waals surface area contributed by atoms with Crippen molar-refractivity contribution in [1.29, 1.82) is 0 Å². The van der Waals surface area contributed by atoms with Gasteiger partial charge in [-0.1, -0.05) is 54.6 Å². The lowest BCUT2D eigenvalue weighted by Crippen LogP contribution is -2.45. The molecule has 0 saturated carbocycles. The zero-order chi connectivity index (χ0) is 30.3. The maximum absolute atomic E-state index is 14.3. The minimum Gasteiger partial charge on any atom is -0.478 e. The lowest BCUT2D eigenvalue weighted by molar-refractivity contribution is -0.134. The molecule has 3 N–H and O–H groups in total. The molecule has 5 rings (SSSR count). The summed E-state index contributed by atoms with van der Waals surface area (Å²) in [7, 11) is 0. The molecule has 1 heterocycles. The van der Waals surface area contributed by atoms with Crippen molar-refractivity contribution in [3.8, 4) is 0 Å². The highest BCUT2D eigenvalue weighted by Crippen LogP contribution is 2.34. The summed E-state index contributed by atoms with van der Waals surface area (Å²) < 4.78 is 14.3. The van der Waals surface area contributed by atoms with Gasteiger partial charge in [-0.05, 0) is 84.1 Å². The van der Waals surface area contributed by atoms with E-state index in [1.54, 1.807) is 17.0 Å². The van der Waals surface area contributed by atoms with Gasteiger partial charge in [-0.3, -0.25) is 9.59 Å². The van der Waals surface area contributed by atoms with Crippen molar-refractivity contribution < 1.29 is 23.9 Å². The number of piperidine rings is 1. The molecular formula is C35H36FN3O4. The minimum absolute atomic E-state index is 0.00811. The second-order valence-corrected chi connectivity index (χ2v) is 11.2. The van der Waals surface area contributed by atoms with Crippen molar-refractivity contribution >= 4 is 34.2 Å². The van der Waals surface area contributed by atoms with E-state index in [0.29, 0.717) is 18.8 Å². The number of nitrogens with one attached hydrogen (secondary N) is 2. The summed E-state index contributed by atoms with van der Waals surface area (Å²) in [5, 5.41) is 17.9. The van der Waals surface area contributed by atoms with Gasteiger partial charge in [-0.25, -0.2) is 9.18 Å². The molecule has 0 aromatic heterocycles. The number of benzene rings is 4. The van der Waals surface area contributed by atoms with Gasteiger partial charge in [0.05, 0.1) is 5.56 Å². The van der Waals surface area contributed by atoms with E-state index >= 15 is 0 Å². The number of carbonyl (C=O) groups excluding carboxylic acids is 2.